The summed E-state index contributed by atoms with van der Waals surface area (Å²) in [5.41, 5.74) is -1.42. The van der Waals surface area contributed by atoms with Crippen LogP contribution < -0.4 is 4.90 Å². The third-order valence-electron chi connectivity index (χ3n) is 4.37. The van der Waals surface area contributed by atoms with Crippen molar-refractivity contribution < 1.29 is 30.9 Å². The molecule has 152 valence electrons. The predicted octanol–water partition coefficient (Wildman–Crippen LogP) is 4.21. The van der Waals surface area contributed by atoms with Crippen LogP contribution in [0.3, 0.4) is 0 Å². The second-order valence-corrected chi connectivity index (χ2v) is 8.36. The van der Waals surface area contributed by atoms with Crippen molar-refractivity contribution in [3.05, 3.63) is 65.2 Å². The fourth-order valence-electron chi connectivity index (χ4n) is 2.87. The van der Waals surface area contributed by atoms with Crippen molar-refractivity contribution in [3.8, 4) is 0 Å². The minimum Gasteiger partial charge on any atom is -0.307 e. The molecule has 1 N–H and O–H groups in total. The van der Waals surface area contributed by atoms with Gasteiger partial charge in [0.25, 0.3) is 0 Å². The number of halogens is 3. The number of nitrogens with zero attached hydrogens (tertiary/aromatic N) is 1. The fourth-order valence-corrected chi connectivity index (χ4v) is 2.87. The maximum Gasteiger partial charge on any atom is 0.522 e. The van der Waals surface area contributed by atoms with E-state index in [4.69, 9.17) is 13.0 Å². The van der Waals surface area contributed by atoms with E-state index in [0.717, 1.165) is 16.8 Å². The van der Waals surface area contributed by atoms with Crippen LogP contribution >= 0.6 is 0 Å². The molecule has 0 fully saturated rings. The summed E-state index contributed by atoms with van der Waals surface area (Å²) in [5, 5.41) is 0. The number of hydrogen-bond donors (Lipinski definition) is 1. The van der Waals surface area contributed by atoms with Crippen molar-refractivity contribution in [2.45, 2.75) is 38.2 Å². The molecule has 1 amide bonds. The van der Waals surface area contributed by atoms with Gasteiger partial charge in [-0.3, -0.25) is 9.35 Å². The van der Waals surface area contributed by atoms with E-state index in [1.54, 1.807) is 0 Å². The fraction of sp³-hybridized carbons (Fsp3) is 0.316. The van der Waals surface area contributed by atoms with E-state index in [0.29, 0.717) is 6.54 Å². The summed E-state index contributed by atoms with van der Waals surface area (Å²) in [6, 6.07) is 16.4. The maximum atomic E-state index is 12.7. The van der Waals surface area contributed by atoms with E-state index >= 15 is 0 Å². The Labute approximate surface area is 161 Å². The van der Waals surface area contributed by atoms with Crippen molar-refractivity contribution in [2.75, 3.05) is 4.90 Å². The molecule has 0 spiro atoms. The second kappa shape index (κ2) is 7.56. The van der Waals surface area contributed by atoms with Gasteiger partial charge in [0, 0.05) is 5.69 Å². The average Bonchev–Trinajstić information content (AvgIpc) is 2.76. The van der Waals surface area contributed by atoms with E-state index in [-0.39, 0.29) is 5.91 Å². The molecule has 28 heavy (non-hydrogen) atoms. The number of rotatable bonds is 2. The first kappa shape index (κ1) is 21.9. The molecule has 1 aliphatic heterocycles. The minimum absolute atomic E-state index is 0.182. The van der Waals surface area contributed by atoms with Crippen molar-refractivity contribution in [3.63, 3.8) is 0 Å². The molecule has 9 heteroatoms. The molecule has 5 nitrogen and oxygen atoms in total. The van der Waals surface area contributed by atoms with E-state index in [1.165, 1.54) is 5.56 Å². The van der Waals surface area contributed by atoms with E-state index < -0.39 is 21.0 Å². The summed E-state index contributed by atoms with van der Waals surface area (Å²) in [6.07, 6.45) is 0. The van der Waals surface area contributed by atoms with Crippen LogP contribution in [0, 0.1) is 6.92 Å². The van der Waals surface area contributed by atoms with Gasteiger partial charge in [0.2, 0.25) is 5.91 Å². The van der Waals surface area contributed by atoms with Crippen LogP contribution in [0.15, 0.2) is 48.5 Å². The Morgan fingerprint density at radius 3 is 2.11 bits per heavy atom. The standard InChI is InChI=1S/C18H19NO.CHF3O3S/c1-13-9-10-16-15(11-13)18(2,3)17(20)19(16)12-14-7-5-4-6-8-14;2-1(3,4)8(5,6)7/h4-11H,12H2,1-3H3;(H,5,6,7). The normalized spacial score (nSPS) is 15.7. The van der Waals surface area contributed by atoms with Crippen molar-refractivity contribution in [1.82, 2.24) is 0 Å². The van der Waals surface area contributed by atoms with E-state index in [1.807, 2.05) is 36.9 Å². The summed E-state index contributed by atoms with van der Waals surface area (Å²) in [7, 11) is -5.84. The van der Waals surface area contributed by atoms with Gasteiger partial charge in [0.05, 0.1) is 12.0 Å². The highest BCUT2D eigenvalue weighted by Crippen LogP contribution is 2.42. The molecule has 0 saturated heterocycles. The molecule has 0 aromatic heterocycles. The number of carbonyl (C=O) groups is 1. The van der Waals surface area contributed by atoms with Gasteiger partial charge in [-0.1, -0.05) is 48.0 Å². The first-order valence-electron chi connectivity index (χ1n) is 8.26. The lowest BCUT2D eigenvalue weighted by molar-refractivity contribution is -0.122. The summed E-state index contributed by atoms with van der Waals surface area (Å²) >= 11 is 0. The van der Waals surface area contributed by atoms with Gasteiger partial charge >= 0.3 is 15.6 Å². The van der Waals surface area contributed by atoms with Gasteiger partial charge in [-0.15, -0.1) is 0 Å². The lowest BCUT2D eigenvalue weighted by atomic mass is 9.85. The smallest absolute Gasteiger partial charge is 0.307 e. The first-order valence-corrected chi connectivity index (χ1v) is 9.70. The number of aryl methyl sites for hydroxylation is 1. The molecule has 0 aliphatic carbocycles. The summed E-state index contributed by atoms with van der Waals surface area (Å²) < 4.78 is 57.5. The van der Waals surface area contributed by atoms with Crippen LogP contribution in [0.1, 0.15) is 30.5 Å². The Bertz CT molecular complexity index is 970. The van der Waals surface area contributed by atoms with Crippen LogP contribution in [-0.4, -0.2) is 24.4 Å². The molecule has 2 aromatic rings. The lowest BCUT2D eigenvalue weighted by Crippen LogP contribution is -2.35. The molecule has 0 radical (unpaired) electrons. The van der Waals surface area contributed by atoms with Gasteiger partial charge in [-0.2, -0.15) is 21.6 Å². The van der Waals surface area contributed by atoms with E-state index in [2.05, 4.69) is 37.3 Å². The summed E-state index contributed by atoms with van der Waals surface area (Å²) in [6.45, 7) is 6.73. The number of benzene rings is 2. The molecular weight excluding hydrogens is 395 g/mol. The van der Waals surface area contributed by atoms with Crippen molar-refractivity contribution in [1.29, 1.82) is 0 Å². The summed E-state index contributed by atoms with van der Waals surface area (Å²) in [4.78, 5) is 14.6. The molecule has 1 aliphatic rings. The number of carbonyl (C=O) groups excluding carboxylic acids is 1. The Kier molecular flexibility index (Phi) is 5.91. The molecular formula is C19H20F3NO4S. The Morgan fingerprint density at radius 1 is 1.07 bits per heavy atom. The summed E-state index contributed by atoms with van der Waals surface area (Å²) in [5.74, 6) is 0.182. The zero-order valence-electron chi connectivity index (χ0n) is 15.5. The van der Waals surface area contributed by atoms with Crippen LogP contribution in [-0.2, 0) is 26.9 Å². The Balaban J connectivity index is 0.000000300. The molecule has 0 unspecified atom stereocenters. The topological polar surface area (TPSA) is 74.7 Å². The molecule has 0 atom stereocenters. The molecule has 2 aromatic carbocycles. The lowest BCUT2D eigenvalue weighted by Gasteiger charge is -2.20. The zero-order chi connectivity index (χ0) is 21.3. The Hall–Kier alpha value is -2.39. The minimum atomic E-state index is -5.84. The molecule has 3 rings (SSSR count). The van der Waals surface area contributed by atoms with Gasteiger partial charge in [-0.25, -0.2) is 0 Å². The second-order valence-electron chi connectivity index (χ2n) is 6.94. The van der Waals surface area contributed by atoms with Gasteiger partial charge in [0.1, 0.15) is 0 Å². The maximum absolute atomic E-state index is 12.7. The highest BCUT2D eigenvalue weighted by atomic mass is 32.2. The number of anilines is 1. The molecule has 1 heterocycles. The zero-order valence-corrected chi connectivity index (χ0v) is 16.3. The highest BCUT2D eigenvalue weighted by molar-refractivity contribution is 7.86. The predicted molar refractivity (Wildman–Crippen MR) is 99.4 cm³/mol. The van der Waals surface area contributed by atoms with Crippen molar-refractivity contribution in [2.24, 2.45) is 0 Å². The van der Waals surface area contributed by atoms with Crippen LogP contribution in [0.2, 0.25) is 0 Å². The van der Waals surface area contributed by atoms with E-state index in [9.17, 15) is 18.0 Å². The van der Waals surface area contributed by atoms with Crippen LogP contribution in [0.5, 0.6) is 0 Å². The third-order valence-corrected chi connectivity index (χ3v) is 4.96. The number of fused-ring (bicyclic) bond motifs is 1. The van der Waals surface area contributed by atoms with Crippen LogP contribution in [0.4, 0.5) is 18.9 Å². The number of hydrogen-bond acceptors (Lipinski definition) is 3. The Morgan fingerprint density at radius 2 is 1.61 bits per heavy atom. The third kappa shape index (κ3) is 4.53. The van der Waals surface area contributed by atoms with Crippen molar-refractivity contribution >= 4 is 21.7 Å². The monoisotopic (exact) mass is 415 g/mol. The highest BCUT2D eigenvalue weighted by Gasteiger charge is 2.44. The molecule has 0 saturated carbocycles. The largest absolute Gasteiger partial charge is 0.522 e. The number of alkyl halides is 3. The van der Waals surface area contributed by atoms with Gasteiger partial charge in [-0.05, 0) is 38.0 Å². The molecule has 0 bridgehead atoms. The van der Waals surface area contributed by atoms with Gasteiger partial charge < -0.3 is 4.90 Å². The van der Waals surface area contributed by atoms with Crippen LogP contribution in [0.25, 0.3) is 0 Å². The van der Waals surface area contributed by atoms with Gasteiger partial charge in [0.15, 0.2) is 0 Å². The quantitative estimate of drug-likeness (QED) is 0.589. The number of amides is 1. The average molecular weight is 415 g/mol. The SMILES string of the molecule is Cc1ccc2c(c1)C(C)(C)C(=O)N2Cc1ccccc1.O=S(=O)(O)C(F)(F)F. The first-order chi connectivity index (χ1) is 12.7.